The van der Waals surface area contributed by atoms with Crippen LogP contribution in [0.4, 0.5) is 0 Å². The van der Waals surface area contributed by atoms with Gasteiger partial charge in [-0.05, 0) is 51.9 Å². The van der Waals surface area contributed by atoms with E-state index in [1.54, 1.807) is 4.52 Å². The first kappa shape index (κ1) is 19.9. The Morgan fingerprint density at radius 1 is 1.21 bits per heavy atom. The topological polar surface area (TPSA) is 75.4 Å². The Morgan fingerprint density at radius 3 is 2.68 bits per heavy atom. The van der Waals surface area contributed by atoms with Gasteiger partial charge in [-0.2, -0.15) is 10.1 Å². The van der Waals surface area contributed by atoms with Crippen molar-refractivity contribution in [3.8, 4) is 0 Å². The molecule has 2 aromatic heterocycles. The number of likely N-dealkylation sites (N-methyl/N-ethyl adjacent to an activating group) is 1. The van der Waals surface area contributed by atoms with Gasteiger partial charge in [0, 0.05) is 30.4 Å². The van der Waals surface area contributed by atoms with Crippen molar-refractivity contribution in [3.05, 3.63) is 59.2 Å². The van der Waals surface area contributed by atoms with Crippen LogP contribution in [0.2, 0.25) is 0 Å². The number of hydrogen-bond acceptors (Lipinski definition) is 5. The number of aromatic nitrogens is 4. The zero-order valence-electron chi connectivity index (χ0n) is 17.0. The van der Waals surface area contributed by atoms with E-state index >= 15 is 0 Å². The van der Waals surface area contributed by atoms with Crippen molar-refractivity contribution in [1.82, 2.24) is 29.8 Å². The van der Waals surface area contributed by atoms with Gasteiger partial charge in [0.2, 0.25) is 5.91 Å². The number of amides is 1. The van der Waals surface area contributed by atoms with Crippen LogP contribution in [0.15, 0.2) is 36.7 Å². The van der Waals surface area contributed by atoms with E-state index in [1.165, 1.54) is 11.9 Å². The number of fused-ring (bicyclic) bond motifs is 1. The molecule has 1 atom stereocenters. The maximum atomic E-state index is 12.4. The molecule has 0 bridgehead atoms. The maximum Gasteiger partial charge on any atom is 0.252 e. The summed E-state index contributed by atoms with van der Waals surface area (Å²) < 4.78 is 1.72. The molecule has 0 aliphatic heterocycles. The highest BCUT2D eigenvalue weighted by Crippen LogP contribution is 2.15. The number of nitrogens with one attached hydrogen (secondary N) is 1. The second-order valence-electron chi connectivity index (χ2n) is 7.34. The molecule has 0 spiro atoms. The van der Waals surface area contributed by atoms with Crippen molar-refractivity contribution in [2.45, 2.75) is 39.2 Å². The van der Waals surface area contributed by atoms with Crippen LogP contribution in [0.25, 0.3) is 5.78 Å². The van der Waals surface area contributed by atoms with E-state index in [1.807, 2.05) is 46.1 Å². The molecule has 1 aromatic carbocycles. The van der Waals surface area contributed by atoms with E-state index in [4.69, 9.17) is 0 Å². The summed E-state index contributed by atoms with van der Waals surface area (Å²) in [5.74, 6) is 0.648. The number of nitrogens with zero attached hydrogens (tertiary/aromatic N) is 5. The molecular weight excluding hydrogens is 352 g/mol. The minimum absolute atomic E-state index is 0.0531. The summed E-state index contributed by atoms with van der Waals surface area (Å²) in [5, 5.41) is 7.29. The first-order valence-corrected chi connectivity index (χ1v) is 9.58. The van der Waals surface area contributed by atoms with Gasteiger partial charge in [-0.25, -0.2) is 9.50 Å². The van der Waals surface area contributed by atoms with Crippen molar-refractivity contribution >= 4 is 11.7 Å². The summed E-state index contributed by atoms with van der Waals surface area (Å²) in [6.45, 7) is 4.57. The van der Waals surface area contributed by atoms with Gasteiger partial charge in [-0.3, -0.25) is 4.79 Å². The van der Waals surface area contributed by atoms with Gasteiger partial charge in [0.1, 0.15) is 6.33 Å². The van der Waals surface area contributed by atoms with Gasteiger partial charge in [0.15, 0.2) is 0 Å². The normalized spacial score (nSPS) is 12.5. The van der Waals surface area contributed by atoms with Crippen LogP contribution in [0.3, 0.4) is 0 Å². The standard InChI is InChI=1S/C21H28N6O/c1-15-19(16(2)27-21(25-15)23-14-24-27)10-11-20(28)22-13-18(26(3)4)12-17-8-6-5-7-9-17/h5-9,14,18H,10-13H2,1-4H3,(H,22,28). The minimum atomic E-state index is 0.0531. The van der Waals surface area contributed by atoms with Crippen molar-refractivity contribution < 1.29 is 4.79 Å². The van der Waals surface area contributed by atoms with Crippen LogP contribution in [-0.2, 0) is 17.6 Å². The molecule has 0 radical (unpaired) electrons. The Labute approximate surface area is 165 Å². The van der Waals surface area contributed by atoms with Crippen molar-refractivity contribution in [2.75, 3.05) is 20.6 Å². The van der Waals surface area contributed by atoms with Crippen LogP contribution in [0.1, 0.15) is 28.9 Å². The van der Waals surface area contributed by atoms with Crippen molar-refractivity contribution in [2.24, 2.45) is 0 Å². The third-order valence-corrected chi connectivity index (χ3v) is 5.17. The van der Waals surface area contributed by atoms with Crippen LogP contribution in [-0.4, -0.2) is 57.1 Å². The minimum Gasteiger partial charge on any atom is -0.355 e. The van der Waals surface area contributed by atoms with Crippen molar-refractivity contribution in [3.63, 3.8) is 0 Å². The molecule has 148 valence electrons. The molecule has 0 saturated carbocycles. The lowest BCUT2D eigenvalue weighted by molar-refractivity contribution is -0.121. The largest absolute Gasteiger partial charge is 0.355 e. The lowest BCUT2D eigenvalue weighted by atomic mass is 10.0. The molecule has 3 rings (SSSR count). The molecule has 3 aromatic rings. The fourth-order valence-corrected chi connectivity index (χ4v) is 3.40. The molecule has 0 aliphatic rings. The van der Waals surface area contributed by atoms with Gasteiger partial charge in [0.25, 0.3) is 5.78 Å². The van der Waals surface area contributed by atoms with Gasteiger partial charge < -0.3 is 10.2 Å². The van der Waals surface area contributed by atoms with Gasteiger partial charge in [-0.15, -0.1) is 0 Å². The smallest absolute Gasteiger partial charge is 0.252 e. The number of carbonyl (C=O) groups is 1. The summed E-state index contributed by atoms with van der Waals surface area (Å²) >= 11 is 0. The van der Waals surface area contributed by atoms with E-state index < -0.39 is 0 Å². The molecule has 0 saturated heterocycles. The number of rotatable bonds is 8. The quantitative estimate of drug-likeness (QED) is 0.647. The van der Waals surface area contributed by atoms with Crippen molar-refractivity contribution in [1.29, 1.82) is 0 Å². The Bertz CT molecular complexity index is 935. The van der Waals surface area contributed by atoms with Crippen LogP contribution in [0, 0.1) is 13.8 Å². The summed E-state index contributed by atoms with van der Waals surface area (Å²) in [7, 11) is 4.09. The molecule has 1 amide bonds. The summed E-state index contributed by atoms with van der Waals surface area (Å²) in [6.07, 6.45) is 3.46. The highest BCUT2D eigenvalue weighted by atomic mass is 16.1. The Kier molecular flexibility index (Phi) is 6.36. The van der Waals surface area contributed by atoms with Gasteiger partial charge in [-0.1, -0.05) is 30.3 Å². The Morgan fingerprint density at radius 2 is 1.96 bits per heavy atom. The van der Waals surface area contributed by atoms with Crippen LogP contribution >= 0.6 is 0 Å². The number of hydrogen-bond donors (Lipinski definition) is 1. The first-order chi connectivity index (χ1) is 13.5. The average molecular weight is 380 g/mol. The van der Waals surface area contributed by atoms with E-state index in [9.17, 15) is 4.79 Å². The Balaban J connectivity index is 1.56. The number of carbonyl (C=O) groups excluding carboxylic acids is 1. The average Bonchev–Trinajstić information content (AvgIpc) is 3.14. The molecule has 28 heavy (non-hydrogen) atoms. The van der Waals surface area contributed by atoms with Gasteiger partial charge >= 0.3 is 0 Å². The fourth-order valence-electron chi connectivity index (χ4n) is 3.40. The Hall–Kier alpha value is -2.80. The van der Waals surface area contributed by atoms with E-state index in [0.29, 0.717) is 25.2 Å². The molecule has 1 unspecified atom stereocenters. The SMILES string of the molecule is Cc1nc2ncnn2c(C)c1CCC(=O)NCC(Cc1ccccc1)N(C)C. The molecule has 7 heteroatoms. The lowest BCUT2D eigenvalue weighted by Gasteiger charge is -2.25. The van der Waals surface area contributed by atoms with Crippen LogP contribution in [0.5, 0.6) is 0 Å². The third kappa shape index (κ3) is 4.72. The van der Waals surface area contributed by atoms with E-state index in [-0.39, 0.29) is 11.9 Å². The maximum absolute atomic E-state index is 12.4. The monoisotopic (exact) mass is 380 g/mol. The highest BCUT2D eigenvalue weighted by Gasteiger charge is 2.15. The summed E-state index contributed by atoms with van der Waals surface area (Å²) in [5.41, 5.74) is 4.22. The third-order valence-electron chi connectivity index (χ3n) is 5.17. The molecule has 0 fully saturated rings. The molecule has 1 N–H and O–H groups in total. The fraction of sp³-hybridized carbons (Fsp3) is 0.429. The second kappa shape index (κ2) is 8.93. The molecule has 2 heterocycles. The van der Waals surface area contributed by atoms with Crippen LogP contribution < -0.4 is 5.32 Å². The predicted octanol–water partition coefficient (Wildman–Crippen LogP) is 1.96. The summed E-state index contributed by atoms with van der Waals surface area (Å²) in [6, 6.07) is 10.6. The first-order valence-electron chi connectivity index (χ1n) is 9.58. The van der Waals surface area contributed by atoms with Gasteiger partial charge in [0.05, 0.1) is 0 Å². The zero-order valence-corrected chi connectivity index (χ0v) is 17.0. The van der Waals surface area contributed by atoms with E-state index in [0.717, 1.165) is 23.4 Å². The summed E-state index contributed by atoms with van der Waals surface area (Å²) in [4.78, 5) is 23.2. The zero-order chi connectivity index (χ0) is 20.1. The lowest BCUT2D eigenvalue weighted by Crippen LogP contribution is -2.41. The molecule has 0 aliphatic carbocycles. The second-order valence-corrected chi connectivity index (χ2v) is 7.34. The van der Waals surface area contributed by atoms with E-state index in [2.05, 4.69) is 37.4 Å². The number of aryl methyl sites for hydroxylation is 2. The highest BCUT2D eigenvalue weighted by molar-refractivity contribution is 5.76. The predicted molar refractivity (Wildman–Crippen MR) is 109 cm³/mol. The molecule has 7 nitrogen and oxygen atoms in total. The molecular formula is C21H28N6O. The number of benzene rings is 1.